The Bertz CT molecular complexity index is 911. The van der Waals surface area contributed by atoms with Gasteiger partial charge in [0, 0.05) is 18.7 Å². The first-order valence-corrected chi connectivity index (χ1v) is 9.92. The summed E-state index contributed by atoms with van der Waals surface area (Å²) in [5.41, 5.74) is 0.573. The summed E-state index contributed by atoms with van der Waals surface area (Å²) in [6, 6.07) is 6.50. The molecular weight excluding hydrogens is 386 g/mol. The standard InChI is InChI=1S/C20H19ClF2N4O/c21-18-3-4-19(25-24-18)26-5-6-27(17-10-16(17)26)20(28)9-13-14(22)7-12(8-15(13)23)11-1-2-11/h3-4,7-8,11,16-17H,1-2,5-6,9-10H2. The number of rotatable bonds is 4. The number of piperazine rings is 1. The second-order valence-electron chi connectivity index (χ2n) is 7.78. The fourth-order valence-electron chi connectivity index (χ4n) is 4.14. The molecule has 1 aromatic carbocycles. The summed E-state index contributed by atoms with van der Waals surface area (Å²) in [5.74, 6) is -0.455. The van der Waals surface area contributed by atoms with E-state index in [2.05, 4.69) is 15.1 Å². The summed E-state index contributed by atoms with van der Waals surface area (Å²) in [6.07, 6.45) is 2.53. The predicted octanol–water partition coefficient (Wildman–Crippen LogP) is 3.32. The van der Waals surface area contributed by atoms with Crippen molar-refractivity contribution in [3.05, 3.63) is 52.2 Å². The Morgan fingerprint density at radius 2 is 1.86 bits per heavy atom. The SMILES string of the molecule is O=C(Cc1c(F)cc(C2CC2)cc1F)N1CCN(c2ccc(Cl)nn2)C2CC21. The molecule has 0 bridgehead atoms. The second kappa shape index (κ2) is 6.65. The maximum Gasteiger partial charge on any atom is 0.227 e. The minimum absolute atomic E-state index is 0.0515. The third-order valence-corrected chi connectivity index (χ3v) is 6.08. The lowest BCUT2D eigenvalue weighted by Gasteiger charge is -2.34. The molecule has 2 atom stereocenters. The van der Waals surface area contributed by atoms with Crippen LogP contribution in [0.25, 0.3) is 0 Å². The molecule has 2 heterocycles. The van der Waals surface area contributed by atoms with E-state index in [0.717, 1.165) is 25.1 Å². The van der Waals surface area contributed by atoms with E-state index in [-0.39, 0.29) is 35.9 Å². The van der Waals surface area contributed by atoms with Gasteiger partial charge < -0.3 is 9.80 Å². The number of fused-ring (bicyclic) bond motifs is 1. The van der Waals surface area contributed by atoms with E-state index in [0.29, 0.717) is 23.8 Å². The van der Waals surface area contributed by atoms with Gasteiger partial charge >= 0.3 is 0 Å². The smallest absolute Gasteiger partial charge is 0.227 e. The summed E-state index contributed by atoms with van der Waals surface area (Å²) >= 11 is 5.79. The van der Waals surface area contributed by atoms with Crippen molar-refractivity contribution < 1.29 is 13.6 Å². The first-order valence-electron chi connectivity index (χ1n) is 9.54. The summed E-state index contributed by atoms with van der Waals surface area (Å²) in [4.78, 5) is 16.6. The van der Waals surface area contributed by atoms with Gasteiger partial charge in [-0.1, -0.05) is 11.6 Å². The first-order chi connectivity index (χ1) is 13.5. The summed E-state index contributed by atoms with van der Waals surface area (Å²) in [6.45, 7) is 1.10. The molecule has 0 radical (unpaired) electrons. The molecule has 2 aliphatic carbocycles. The molecular formula is C20H19ClF2N4O. The Balaban J connectivity index is 1.27. The molecule has 2 unspecified atom stereocenters. The van der Waals surface area contributed by atoms with Crippen molar-refractivity contribution in [1.82, 2.24) is 15.1 Å². The van der Waals surface area contributed by atoms with Gasteiger partial charge in [-0.2, -0.15) is 0 Å². The molecule has 0 N–H and O–H groups in total. The van der Waals surface area contributed by atoms with Crippen molar-refractivity contribution in [1.29, 1.82) is 0 Å². The minimum Gasteiger partial charge on any atom is -0.348 e. The van der Waals surface area contributed by atoms with Crippen molar-refractivity contribution in [2.75, 3.05) is 18.0 Å². The van der Waals surface area contributed by atoms with Gasteiger partial charge in [0.25, 0.3) is 0 Å². The average molecular weight is 405 g/mol. The highest BCUT2D eigenvalue weighted by Crippen LogP contribution is 2.41. The third kappa shape index (κ3) is 3.21. The van der Waals surface area contributed by atoms with Gasteiger partial charge in [0.05, 0.1) is 18.5 Å². The van der Waals surface area contributed by atoms with Crippen LogP contribution < -0.4 is 4.90 Å². The molecule has 1 saturated heterocycles. The van der Waals surface area contributed by atoms with E-state index < -0.39 is 11.6 Å². The fourth-order valence-corrected chi connectivity index (χ4v) is 4.24. The Labute approximate surface area is 166 Å². The highest BCUT2D eigenvalue weighted by atomic mass is 35.5. The predicted molar refractivity (Wildman–Crippen MR) is 100 cm³/mol. The summed E-state index contributed by atoms with van der Waals surface area (Å²) < 4.78 is 28.8. The van der Waals surface area contributed by atoms with Crippen LogP contribution >= 0.6 is 11.6 Å². The molecule has 0 spiro atoms. The Morgan fingerprint density at radius 1 is 1.11 bits per heavy atom. The van der Waals surface area contributed by atoms with Gasteiger partial charge in [-0.25, -0.2) is 8.78 Å². The van der Waals surface area contributed by atoms with E-state index >= 15 is 0 Å². The van der Waals surface area contributed by atoms with E-state index in [1.54, 1.807) is 11.0 Å². The zero-order chi connectivity index (χ0) is 19.4. The average Bonchev–Trinajstić information content (AvgIpc) is 3.57. The van der Waals surface area contributed by atoms with E-state index in [1.165, 1.54) is 12.1 Å². The molecule has 2 aromatic rings. The highest BCUT2D eigenvalue weighted by Gasteiger charge is 2.51. The van der Waals surface area contributed by atoms with Crippen LogP contribution in [0, 0.1) is 11.6 Å². The molecule has 5 nitrogen and oxygen atoms in total. The number of amides is 1. The Hall–Kier alpha value is -2.28. The number of hydrogen-bond acceptors (Lipinski definition) is 4. The molecule has 3 aliphatic rings. The number of carbonyl (C=O) groups excluding carboxylic acids is 1. The van der Waals surface area contributed by atoms with Crippen LogP contribution in [0.15, 0.2) is 24.3 Å². The zero-order valence-electron chi connectivity index (χ0n) is 15.1. The van der Waals surface area contributed by atoms with Crippen molar-refractivity contribution in [2.45, 2.75) is 43.7 Å². The Morgan fingerprint density at radius 3 is 2.50 bits per heavy atom. The normalized spacial score (nSPS) is 23.5. The zero-order valence-corrected chi connectivity index (χ0v) is 15.9. The van der Waals surface area contributed by atoms with Gasteiger partial charge in [0.15, 0.2) is 11.0 Å². The Kier molecular flexibility index (Phi) is 4.23. The number of carbonyl (C=O) groups is 1. The lowest BCUT2D eigenvalue weighted by atomic mass is 10.0. The van der Waals surface area contributed by atoms with Gasteiger partial charge in [-0.15, -0.1) is 10.2 Å². The number of halogens is 3. The number of hydrogen-bond donors (Lipinski definition) is 0. The third-order valence-electron chi connectivity index (χ3n) is 5.88. The number of aromatic nitrogens is 2. The van der Waals surface area contributed by atoms with Crippen LogP contribution in [0.3, 0.4) is 0 Å². The van der Waals surface area contributed by atoms with Crippen LogP contribution in [-0.4, -0.2) is 46.2 Å². The van der Waals surface area contributed by atoms with E-state index in [9.17, 15) is 13.6 Å². The van der Waals surface area contributed by atoms with Crippen LogP contribution in [-0.2, 0) is 11.2 Å². The van der Waals surface area contributed by atoms with Gasteiger partial charge in [-0.3, -0.25) is 4.79 Å². The number of benzene rings is 1. The van der Waals surface area contributed by atoms with Crippen molar-refractivity contribution in [3.63, 3.8) is 0 Å². The minimum atomic E-state index is -0.613. The molecule has 1 amide bonds. The maximum absolute atomic E-state index is 14.4. The maximum atomic E-state index is 14.4. The number of anilines is 1. The molecule has 1 aromatic heterocycles. The summed E-state index contributed by atoms with van der Waals surface area (Å²) in [5, 5.41) is 8.31. The molecule has 8 heteroatoms. The first kappa shape index (κ1) is 17.8. The quantitative estimate of drug-likeness (QED) is 0.784. The molecule has 5 rings (SSSR count). The monoisotopic (exact) mass is 404 g/mol. The molecule has 146 valence electrons. The molecule has 2 saturated carbocycles. The molecule has 1 aliphatic heterocycles. The van der Waals surface area contributed by atoms with Gasteiger partial charge in [-0.05, 0) is 55.0 Å². The lowest BCUT2D eigenvalue weighted by Crippen LogP contribution is -2.49. The van der Waals surface area contributed by atoms with Crippen LogP contribution in [0.2, 0.25) is 5.15 Å². The van der Waals surface area contributed by atoms with Gasteiger partial charge in [0.2, 0.25) is 5.91 Å². The van der Waals surface area contributed by atoms with Crippen molar-refractivity contribution in [2.24, 2.45) is 0 Å². The van der Waals surface area contributed by atoms with E-state index in [1.807, 2.05) is 6.07 Å². The fraction of sp³-hybridized carbons (Fsp3) is 0.450. The van der Waals surface area contributed by atoms with Crippen molar-refractivity contribution in [3.8, 4) is 0 Å². The second-order valence-corrected chi connectivity index (χ2v) is 8.17. The number of nitrogens with zero attached hydrogens (tertiary/aromatic N) is 4. The molecule has 3 fully saturated rings. The summed E-state index contributed by atoms with van der Waals surface area (Å²) in [7, 11) is 0. The van der Waals surface area contributed by atoms with Crippen LogP contribution in [0.1, 0.15) is 36.3 Å². The van der Waals surface area contributed by atoms with Crippen LogP contribution in [0.4, 0.5) is 14.6 Å². The molecule has 28 heavy (non-hydrogen) atoms. The lowest BCUT2D eigenvalue weighted by molar-refractivity contribution is -0.131. The highest BCUT2D eigenvalue weighted by molar-refractivity contribution is 6.29. The van der Waals surface area contributed by atoms with Crippen LogP contribution in [0.5, 0.6) is 0 Å². The van der Waals surface area contributed by atoms with Gasteiger partial charge in [0.1, 0.15) is 11.6 Å². The topological polar surface area (TPSA) is 49.3 Å². The largest absolute Gasteiger partial charge is 0.348 e. The van der Waals surface area contributed by atoms with Crippen molar-refractivity contribution >= 4 is 23.3 Å². The van der Waals surface area contributed by atoms with E-state index in [4.69, 9.17) is 11.6 Å².